The van der Waals surface area contributed by atoms with E-state index in [0.29, 0.717) is 6.42 Å². The Bertz CT molecular complexity index is 297. The van der Waals surface area contributed by atoms with E-state index in [-0.39, 0.29) is 0 Å². The van der Waals surface area contributed by atoms with Gasteiger partial charge in [-0.05, 0) is 6.92 Å². The molecule has 0 saturated carbocycles. The minimum Gasteiger partial charge on any atom is -0.344 e. The highest BCUT2D eigenvalue weighted by Gasteiger charge is 2.05. The molecule has 4 heteroatoms. The Hall–Kier alpha value is -1.50. The summed E-state index contributed by atoms with van der Waals surface area (Å²) in [7, 11) is 1.95. The molecule has 4 nitrogen and oxygen atoms in total. The summed E-state index contributed by atoms with van der Waals surface area (Å²) < 4.78 is 2.05. The van der Waals surface area contributed by atoms with Crippen LogP contribution in [-0.2, 0) is 6.54 Å². The predicted molar refractivity (Wildman–Crippen MR) is 51.4 cm³/mol. The maximum absolute atomic E-state index is 8.44. The van der Waals surface area contributed by atoms with Crippen LogP contribution >= 0.6 is 0 Å². The third-order valence-corrected chi connectivity index (χ3v) is 1.93. The van der Waals surface area contributed by atoms with Crippen molar-refractivity contribution in [2.24, 2.45) is 0 Å². The largest absolute Gasteiger partial charge is 0.344 e. The van der Waals surface area contributed by atoms with Gasteiger partial charge in [0.2, 0.25) is 5.95 Å². The van der Waals surface area contributed by atoms with Crippen molar-refractivity contribution in [1.82, 2.24) is 9.55 Å². The topological polar surface area (TPSA) is 44.9 Å². The van der Waals surface area contributed by atoms with Gasteiger partial charge < -0.3 is 9.47 Å². The number of anilines is 1. The second-order valence-corrected chi connectivity index (χ2v) is 2.84. The molecule has 0 aliphatic heterocycles. The molecule has 1 rings (SSSR count). The van der Waals surface area contributed by atoms with Crippen LogP contribution in [0, 0.1) is 11.3 Å². The molecular formula is C9H14N4. The van der Waals surface area contributed by atoms with E-state index < -0.39 is 0 Å². The molecule has 0 spiro atoms. The molecule has 0 saturated heterocycles. The third kappa shape index (κ3) is 2.22. The first-order valence-electron chi connectivity index (χ1n) is 4.38. The number of nitriles is 1. The highest BCUT2D eigenvalue weighted by Crippen LogP contribution is 2.09. The van der Waals surface area contributed by atoms with E-state index in [4.69, 9.17) is 5.26 Å². The van der Waals surface area contributed by atoms with E-state index in [1.807, 2.05) is 18.1 Å². The van der Waals surface area contributed by atoms with Crippen molar-refractivity contribution in [3.8, 4) is 6.07 Å². The molecule has 0 N–H and O–H groups in total. The van der Waals surface area contributed by atoms with E-state index in [2.05, 4.69) is 22.5 Å². The number of hydrogen-bond acceptors (Lipinski definition) is 3. The summed E-state index contributed by atoms with van der Waals surface area (Å²) in [6.07, 6.45) is 4.26. The SMILES string of the molecule is CCn1ccnc1N(C)CCC#N. The standard InChI is InChI=1S/C9H14N4/c1-3-13-8-6-11-9(13)12(2)7-4-5-10/h6,8H,3-4,7H2,1-2H3. The number of aryl methyl sites for hydroxylation is 1. The summed E-state index contributed by atoms with van der Waals surface area (Å²) in [5, 5.41) is 8.44. The van der Waals surface area contributed by atoms with Crippen molar-refractivity contribution in [3.63, 3.8) is 0 Å². The van der Waals surface area contributed by atoms with Crippen LogP contribution in [0.2, 0.25) is 0 Å². The number of nitrogens with zero attached hydrogens (tertiary/aromatic N) is 4. The van der Waals surface area contributed by atoms with Crippen LogP contribution in [0.5, 0.6) is 0 Å². The fourth-order valence-corrected chi connectivity index (χ4v) is 1.20. The Morgan fingerprint density at radius 3 is 3.08 bits per heavy atom. The zero-order valence-corrected chi connectivity index (χ0v) is 8.06. The lowest BCUT2D eigenvalue weighted by atomic mass is 10.4. The van der Waals surface area contributed by atoms with Crippen molar-refractivity contribution < 1.29 is 0 Å². The first-order valence-corrected chi connectivity index (χ1v) is 4.38. The molecule has 0 aliphatic carbocycles. The summed E-state index contributed by atoms with van der Waals surface area (Å²) in [6.45, 7) is 3.71. The summed E-state index contributed by atoms with van der Waals surface area (Å²) in [5.41, 5.74) is 0. The summed E-state index contributed by atoms with van der Waals surface area (Å²) in [5.74, 6) is 0.928. The Balaban J connectivity index is 2.65. The lowest BCUT2D eigenvalue weighted by molar-refractivity contribution is 0.726. The van der Waals surface area contributed by atoms with Crippen LogP contribution in [0.25, 0.3) is 0 Å². The lowest BCUT2D eigenvalue weighted by Crippen LogP contribution is -2.22. The summed E-state index contributed by atoms with van der Waals surface area (Å²) in [4.78, 5) is 6.21. The average molecular weight is 178 g/mol. The second kappa shape index (κ2) is 4.51. The maximum Gasteiger partial charge on any atom is 0.205 e. The van der Waals surface area contributed by atoms with Crippen molar-refractivity contribution >= 4 is 5.95 Å². The van der Waals surface area contributed by atoms with Crippen molar-refractivity contribution in [2.45, 2.75) is 19.9 Å². The first-order chi connectivity index (χ1) is 6.29. The fraction of sp³-hybridized carbons (Fsp3) is 0.556. The van der Waals surface area contributed by atoms with Gasteiger partial charge in [0.1, 0.15) is 0 Å². The van der Waals surface area contributed by atoms with E-state index in [9.17, 15) is 0 Å². The second-order valence-electron chi connectivity index (χ2n) is 2.84. The van der Waals surface area contributed by atoms with Gasteiger partial charge in [-0.2, -0.15) is 5.26 Å². The quantitative estimate of drug-likeness (QED) is 0.697. The van der Waals surface area contributed by atoms with Gasteiger partial charge in [0, 0.05) is 32.5 Å². The summed E-state index contributed by atoms with van der Waals surface area (Å²) >= 11 is 0. The molecule has 1 aromatic heterocycles. The van der Waals surface area contributed by atoms with Crippen molar-refractivity contribution in [1.29, 1.82) is 5.26 Å². The molecule has 0 unspecified atom stereocenters. The van der Waals surface area contributed by atoms with Crippen molar-refractivity contribution in [3.05, 3.63) is 12.4 Å². The molecule has 70 valence electrons. The molecule has 0 aliphatic rings. The highest BCUT2D eigenvalue weighted by molar-refractivity contribution is 5.29. The molecule has 0 aromatic carbocycles. The Morgan fingerprint density at radius 1 is 1.69 bits per heavy atom. The molecule has 1 heterocycles. The number of rotatable bonds is 4. The van der Waals surface area contributed by atoms with Gasteiger partial charge in [-0.25, -0.2) is 4.98 Å². The first kappa shape index (κ1) is 9.59. The van der Waals surface area contributed by atoms with Crippen LogP contribution in [0.3, 0.4) is 0 Å². The molecule has 0 atom stereocenters. The molecule has 1 aromatic rings. The average Bonchev–Trinajstić information content (AvgIpc) is 2.61. The minimum atomic E-state index is 0.535. The van der Waals surface area contributed by atoms with Crippen molar-refractivity contribution in [2.75, 3.05) is 18.5 Å². The normalized spacial score (nSPS) is 9.62. The van der Waals surface area contributed by atoms with Gasteiger partial charge in [0.05, 0.1) is 12.5 Å². The fourth-order valence-electron chi connectivity index (χ4n) is 1.20. The number of imidazole rings is 1. The monoisotopic (exact) mass is 178 g/mol. The van der Waals surface area contributed by atoms with Crippen LogP contribution in [0.4, 0.5) is 5.95 Å². The van der Waals surface area contributed by atoms with Gasteiger partial charge in [-0.3, -0.25) is 0 Å². The predicted octanol–water partition coefficient (Wildman–Crippen LogP) is 1.25. The van der Waals surface area contributed by atoms with Gasteiger partial charge in [-0.1, -0.05) is 0 Å². The van der Waals surface area contributed by atoms with Crippen LogP contribution < -0.4 is 4.90 Å². The number of hydrogen-bond donors (Lipinski definition) is 0. The van der Waals surface area contributed by atoms with E-state index in [1.54, 1.807) is 6.20 Å². The third-order valence-electron chi connectivity index (χ3n) is 1.93. The van der Waals surface area contributed by atoms with Gasteiger partial charge in [0.15, 0.2) is 0 Å². The van der Waals surface area contributed by atoms with Crippen LogP contribution in [0.1, 0.15) is 13.3 Å². The number of aromatic nitrogens is 2. The smallest absolute Gasteiger partial charge is 0.205 e. The zero-order valence-electron chi connectivity index (χ0n) is 8.06. The van der Waals surface area contributed by atoms with Gasteiger partial charge in [0.25, 0.3) is 0 Å². The Labute approximate surface area is 78.4 Å². The minimum absolute atomic E-state index is 0.535. The molecular weight excluding hydrogens is 164 g/mol. The molecule has 0 fully saturated rings. The van der Waals surface area contributed by atoms with Gasteiger partial charge in [-0.15, -0.1) is 0 Å². The zero-order chi connectivity index (χ0) is 9.68. The van der Waals surface area contributed by atoms with Gasteiger partial charge >= 0.3 is 0 Å². The molecule has 0 radical (unpaired) electrons. The lowest BCUT2D eigenvalue weighted by Gasteiger charge is -2.17. The van der Waals surface area contributed by atoms with Crippen LogP contribution in [-0.4, -0.2) is 23.1 Å². The van der Waals surface area contributed by atoms with Crippen LogP contribution in [0.15, 0.2) is 12.4 Å². The van der Waals surface area contributed by atoms with E-state index in [1.165, 1.54) is 0 Å². The molecule has 0 amide bonds. The highest BCUT2D eigenvalue weighted by atomic mass is 15.3. The Morgan fingerprint density at radius 2 is 2.46 bits per heavy atom. The molecule has 0 bridgehead atoms. The van der Waals surface area contributed by atoms with E-state index in [0.717, 1.165) is 19.0 Å². The van der Waals surface area contributed by atoms with E-state index >= 15 is 0 Å². The maximum atomic E-state index is 8.44. The Kier molecular flexibility index (Phi) is 3.32. The summed E-state index contributed by atoms with van der Waals surface area (Å²) in [6, 6.07) is 2.12. The molecule has 13 heavy (non-hydrogen) atoms.